The number of carbonyl (C=O) groups is 1. The van der Waals surface area contributed by atoms with E-state index >= 15 is 0 Å². The van der Waals surface area contributed by atoms with Gasteiger partial charge in [-0.1, -0.05) is 38.2 Å². The van der Waals surface area contributed by atoms with E-state index in [0.29, 0.717) is 42.4 Å². The minimum Gasteiger partial charge on any atom is -0.462 e. The summed E-state index contributed by atoms with van der Waals surface area (Å²) in [5.41, 5.74) is 3.60. The quantitative estimate of drug-likeness (QED) is 0.645. The van der Waals surface area contributed by atoms with Crippen molar-refractivity contribution in [3.8, 4) is 0 Å². The van der Waals surface area contributed by atoms with Crippen LogP contribution in [0.4, 0.5) is 0 Å². The third-order valence-corrected chi connectivity index (χ3v) is 8.59. The number of ether oxygens (including phenoxy) is 1. The summed E-state index contributed by atoms with van der Waals surface area (Å²) in [6.45, 7) is 8.90. The zero-order chi connectivity index (χ0) is 21.5. The first-order chi connectivity index (χ1) is 14.3. The van der Waals surface area contributed by atoms with Crippen LogP contribution in [0.15, 0.2) is 35.5 Å². The average molecular weight is 415 g/mol. The van der Waals surface area contributed by atoms with E-state index in [2.05, 4.69) is 32.6 Å². The molecule has 30 heavy (non-hydrogen) atoms. The SMILES string of the molecule is C=C1/C(=C\C=C2/CCC[C@@]3(C)C2CC[C@@H]3[C@H](C)CC2CCC(=O)O2)C[C@@H](O)C[C@@H]1O. The van der Waals surface area contributed by atoms with Gasteiger partial charge in [0.2, 0.25) is 0 Å². The fourth-order valence-electron chi connectivity index (χ4n) is 7.01. The third kappa shape index (κ3) is 4.18. The van der Waals surface area contributed by atoms with Crippen molar-refractivity contribution in [2.45, 2.75) is 96.4 Å². The zero-order valence-corrected chi connectivity index (χ0v) is 18.6. The number of aliphatic hydroxyl groups excluding tert-OH is 2. The van der Waals surface area contributed by atoms with Crippen LogP contribution in [0, 0.1) is 23.2 Å². The van der Waals surface area contributed by atoms with Crippen LogP contribution in [0.3, 0.4) is 0 Å². The van der Waals surface area contributed by atoms with Gasteiger partial charge in [0.05, 0.1) is 12.2 Å². The molecule has 0 amide bonds. The van der Waals surface area contributed by atoms with Gasteiger partial charge in [0, 0.05) is 12.8 Å². The molecule has 4 heteroatoms. The van der Waals surface area contributed by atoms with Crippen molar-refractivity contribution in [3.63, 3.8) is 0 Å². The standard InChI is InChI=1S/C26H38O4/c1-16(13-21-8-11-25(29)30-21)22-9-10-23-18(5-4-12-26(22,23)3)6-7-19-14-20(27)15-24(28)17(19)2/h6-7,16,20-24,27-28H,2,4-5,8-15H2,1,3H3/b18-6+,19-7-/t16-,20-,21?,22-,23?,24+,26-/m1/s1. The molecule has 4 nitrogen and oxygen atoms in total. The summed E-state index contributed by atoms with van der Waals surface area (Å²) in [6, 6.07) is 0. The summed E-state index contributed by atoms with van der Waals surface area (Å²) in [6.07, 6.45) is 13.0. The molecule has 4 rings (SSSR count). The Labute approximate surface area is 181 Å². The summed E-state index contributed by atoms with van der Waals surface area (Å²) >= 11 is 0. The first kappa shape index (κ1) is 21.8. The Kier molecular flexibility index (Phi) is 6.28. The van der Waals surface area contributed by atoms with Crippen LogP contribution in [0.25, 0.3) is 0 Å². The van der Waals surface area contributed by atoms with Crippen LogP contribution < -0.4 is 0 Å². The number of hydrogen-bond donors (Lipinski definition) is 2. The number of fused-ring (bicyclic) bond motifs is 1. The second kappa shape index (κ2) is 8.63. The van der Waals surface area contributed by atoms with Gasteiger partial charge in [-0.2, -0.15) is 0 Å². The maximum Gasteiger partial charge on any atom is 0.306 e. The second-order valence-electron chi connectivity index (χ2n) is 10.5. The van der Waals surface area contributed by atoms with Gasteiger partial charge in [0.15, 0.2) is 0 Å². The molecule has 2 unspecified atom stereocenters. The molecule has 0 aromatic heterocycles. The lowest BCUT2D eigenvalue weighted by Gasteiger charge is -2.44. The van der Waals surface area contributed by atoms with E-state index in [-0.39, 0.29) is 12.1 Å². The smallest absolute Gasteiger partial charge is 0.306 e. The Bertz CT molecular complexity index is 750. The molecule has 0 aromatic carbocycles. The molecule has 2 N–H and O–H groups in total. The third-order valence-electron chi connectivity index (χ3n) is 8.59. The fourth-order valence-corrected chi connectivity index (χ4v) is 7.01. The molecule has 4 aliphatic rings. The van der Waals surface area contributed by atoms with Crippen LogP contribution in [-0.2, 0) is 9.53 Å². The minimum atomic E-state index is -0.628. The molecular weight excluding hydrogens is 376 g/mol. The molecule has 0 radical (unpaired) electrons. The highest BCUT2D eigenvalue weighted by Crippen LogP contribution is 2.60. The molecule has 3 aliphatic carbocycles. The van der Waals surface area contributed by atoms with Gasteiger partial charge in [-0.15, -0.1) is 0 Å². The predicted octanol–water partition coefficient (Wildman–Crippen LogP) is 4.86. The summed E-state index contributed by atoms with van der Waals surface area (Å²) in [5, 5.41) is 20.2. The molecule has 1 heterocycles. The number of hydrogen-bond acceptors (Lipinski definition) is 4. The van der Waals surface area contributed by atoms with E-state index in [1.165, 1.54) is 31.3 Å². The highest BCUT2D eigenvalue weighted by molar-refractivity contribution is 5.71. The minimum absolute atomic E-state index is 0.0295. The first-order valence-corrected chi connectivity index (χ1v) is 11.9. The van der Waals surface area contributed by atoms with Crippen molar-refractivity contribution in [1.29, 1.82) is 0 Å². The largest absolute Gasteiger partial charge is 0.462 e. The van der Waals surface area contributed by atoms with Gasteiger partial charge in [0.1, 0.15) is 6.10 Å². The molecule has 1 aliphatic heterocycles. The highest BCUT2D eigenvalue weighted by atomic mass is 16.5. The maximum atomic E-state index is 11.5. The molecule has 166 valence electrons. The summed E-state index contributed by atoms with van der Waals surface area (Å²) in [5.74, 6) is 1.81. The van der Waals surface area contributed by atoms with Crippen LogP contribution in [0.2, 0.25) is 0 Å². The number of esters is 1. The lowest BCUT2D eigenvalue weighted by molar-refractivity contribution is -0.142. The number of rotatable bonds is 4. The number of allylic oxidation sites excluding steroid dienone is 3. The molecule has 0 spiro atoms. The topological polar surface area (TPSA) is 66.8 Å². The number of aliphatic hydroxyl groups is 2. The number of cyclic esters (lactones) is 1. The lowest BCUT2D eigenvalue weighted by atomic mass is 9.60. The van der Waals surface area contributed by atoms with E-state index in [1.807, 2.05) is 0 Å². The van der Waals surface area contributed by atoms with Crippen molar-refractivity contribution in [2.24, 2.45) is 23.2 Å². The molecule has 1 saturated heterocycles. The van der Waals surface area contributed by atoms with Gasteiger partial charge >= 0.3 is 5.97 Å². The highest BCUT2D eigenvalue weighted by Gasteiger charge is 2.51. The van der Waals surface area contributed by atoms with Crippen molar-refractivity contribution in [1.82, 2.24) is 0 Å². The van der Waals surface area contributed by atoms with Crippen molar-refractivity contribution in [3.05, 3.63) is 35.5 Å². The van der Waals surface area contributed by atoms with Crippen LogP contribution in [0.1, 0.15) is 78.1 Å². The molecule has 3 saturated carbocycles. The molecular formula is C26H38O4. The molecule has 4 fully saturated rings. The van der Waals surface area contributed by atoms with Gasteiger partial charge < -0.3 is 14.9 Å². The summed E-state index contributed by atoms with van der Waals surface area (Å²) < 4.78 is 5.51. The first-order valence-electron chi connectivity index (χ1n) is 11.9. The Balaban J connectivity index is 1.48. The van der Waals surface area contributed by atoms with Gasteiger partial charge in [-0.25, -0.2) is 0 Å². The van der Waals surface area contributed by atoms with E-state index < -0.39 is 12.2 Å². The van der Waals surface area contributed by atoms with E-state index in [4.69, 9.17) is 4.74 Å². The summed E-state index contributed by atoms with van der Waals surface area (Å²) in [4.78, 5) is 11.5. The Morgan fingerprint density at radius 3 is 2.77 bits per heavy atom. The van der Waals surface area contributed by atoms with Gasteiger partial charge in [-0.3, -0.25) is 4.79 Å². The summed E-state index contributed by atoms with van der Waals surface area (Å²) in [7, 11) is 0. The Morgan fingerprint density at radius 1 is 1.23 bits per heavy atom. The zero-order valence-electron chi connectivity index (χ0n) is 18.6. The van der Waals surface area contributed by atoms with Crippen LogP contribution >= 0.6 is 0 Å². The van der Waals surface area contributed by atoms with Crippen LogP contribution in [-0.4, -0.2) is 34.5 Å². The van der Waals surface area contributed by atoms with E-state index in [1.54, 1.807) is 0 Å². The Morgan fingerprint density at radius 2 is 2.03 bits per heavy atom. The predicted molar refractivity (Wildman–Crippen MR) is 118 cm³/mol. The van der Waals surface area contributed by atoms with Crippen molar-refractivity contribution >= 4 is 5.97 Å². The maximum absolute atomic E-state index is 11.5. The average Bonchev–Trinajstić information content (AvgIpc) is 3.25. The molecule has 0 bridgehead atoms. The van der Waals surface area contributed by atoms with Crippen LogP contribution in [0.5, 0.6) is 0 Å². The number of carbonyl (C=O) groups excluding carboxylic acids is 1. The monoisotopic (exact) mass is 414 g/mol. The Hall–Kier alpha value is -1.39. The molecule has 0 aromatic rings. The van der Waals surface area contributed by atoms with Crippen molar-refractivity contribution in [2.75, 3.05) is 0 Å². The fraction of sp³-hybridized carbons (Fsp3) is 0.731. The van der Waals surface area contributed by atoms with Gasteiger partial charge in [0.25, 0.3) is 0 Å². The lowest BCUT2D eigenvalue weighted by Crippen LogP contribution is -2.36. The second-order valence-corrected chi connectivity index (χ2v) is 10.5. The van der Waals surface area contributed by atoms with Gasteiger partial charge in [-0.05, 0) is 85.7 Å². The van der Waals surface area contributed by atoms with Crippen molar-refractivity contribution < 1.29 is 19.7 Å². The van der Waals surface area contributed by atoms with E-state index in [9.17, 15) is 15.0 Å². The normalized spacial score (nSPS) is 43.1. The van der Waals surface area contributed by atoms with E-state index in [0.717, 1.165) is 30.4 Å². The molecule has 7 atom stereocenters.